The van der Waals surface area contributed by atoms with E-state index < -0.39 is 47.9 Å². The topological polar surface area (TPSA) is 101 Å². The summed E-state index contributed by atoms with van der Waals surface area (Å²) in [5.74, 6) is -3.51. The summed E-state index contributed by atoms with van der Waals surface area (Å²) < 4.78 is 5.39. The predicted octanol–water partition coefficient (Wildman–Crippen LogP) is 6.81. The van der Waals surface area contributed by atoms with E-state index in [1.54, 1.807) is 0 Å². The Kier molecular flexibility index (Phi) is 7.52. The van der Waals surface area contributed by atoms with Crippen molar-refractivity contribution in [2.75, 3.05) is 6.54 Å². The van der Waals surface area contributed by atoms with Gasteiger partial charge in [0.15, 0.2) is 5.78 Å². The van der Waals surface area contributed by atoms with E-state index in [4.69, 9.17) is 51.1 Å². The summed E-state index contributed by atoms with van der Waals surface area (Å²) in [6.07, 6.45) is 5.03. The number of rotatable bonds is 7. The molecule has 2 saturated carbocycles. The molecule has 8 nitrogen and oxygen atoms in total. The fourth-order valence-corrected chi connectivity index (χ4v) is 7.94. The molecule has 6 atom stereocenters. The Morgan fingerprint density at radius 2 is 1.29 bits per heavy atom. The molecule has 3 aromatic rings. The molecule has 3 fully saturated rings. The van der Waals surface area contributed by atoms with Gasteiger partial charge in [0.1, 0.15) is 12.3 Å². The van der Waals surface area contributed by atoms with Crippen molar-refractivity contribution in [2.24, 2.45) is 35.5 Å². The Balaban J connectivity index is 1.15. The monoisotopic (exact) mass is 682 g/mol. The van der Waals surface area contributed by atoms with Crippen LogP contribution in [0.1, 0.15) is 37.5 Å². The molecule has 3 aromatic carbocycles. The number of hydrazine groups is 1. The second-order valence-electron chi connectivity index (χ2n) is 11.6. The number of hydrogen-bond donors (Lipinski definition) is 0. The molecule has 45 heavy (non-hydrogen) atoms. The largest absolute Gasteiger partial charge is 0.423 e. The lowest BCUT2D eigenvalue weighted by Gasteiger charge is -2.37. The highest BCUT2D eigenvalue weighted by Gasteiger charge is 2.68. The molecule has 1 aliphatic heterocycles. The molecule has 0 unspecified atom stereocenters. The van der Waals surface area contributed by atoms with Gasteiger partial charge in [-0.1, -0.05) is 58.6 Å². The third kappa shape index (κ3) is 5.14. The van der Waals surface area contributed by atoms with Crippen molar-refractivity contribution >= 4 is 75.9 Å². The first-order valence-corrected chi connectivity index (χ1v) is 15.7. The van der Waals surface area contributed by atoms with E-state index in [-0.39, 0.29) is 44.3 Å². The van der Waals surface area contributed by atoms with Crippen molar-refractivity contribution in [1.29, 1.82) is 0 Å². The molecule has 0 radical (unpaired) electrons. The first-order chi connectivity index (χ1) is 21.5. The van der Waals surface area contributed by atoms with Crippen LogP contribution in [0.15, 0.2) is 72.8 Å². The van der Waals surface area contributed by atoms with Crippen LogP contribution in [0.2, 0.25) is 20.1 Å². The number of imide groups is 1. The number of carbonyl (C=O) groups is 5. The molecule has 12 heteroatoms. The quantitative estimate of drug-likeness (QED) is 0.0892. The lowest BCUT2D eigenvalue weighted by molar-refractivity contribution is -0.154. The maximum Gasteiger partial charge on any atom is 0.345 e. The Labute approximate surface area is 277 Å². The van der Waals surface area contributed by atoms with E-state index in [0.29, 0.717) is 21.9 Å². The van der Waals surface area contributed by atoms with Gasteiger partial charge in [-0.15, -0.1) is 0 Å². The Morgan fingerprint density at radius 3 is 1.82 bits per heavy atom. The van der Waals surface area contributed by atoms with E-state index in [9.17, 15) is 24.0 Å². The van der Waals surface area contributed by atoms with Gasteiger partial charge in [0.2, 0.25) is 0 Å². The highest BCUT2D eigenvalue weighted by molar-refractivity contribution is 6.37. The van der Waals surface area contributed by atoms with Crippen LogP contribution in [0, 0.1) is 35.5 Å². The van der Waals surface area contributed by atoms with Crippen LogP contribution >= 0.6 is 46.4 Å². The standard InChI is InChI=1S/C33H22Cl4N2O6/c34-16-3-7-21(25(36)11-16)30(41)38(39-31(42)28-19-9-10-20(24-13-23(19)24)29(28)32(39)43)14-27(40)15-1-5-18(6-2-15)45-33(44)22-8-4-17(35)12-26(22)37/h1-12,19-20,23-24,28-29H,13-14H2/t19-,20-,23-,24-,28+,29+/m0/s1. The van der Waals surface area contributed by atoms with Gasteiger partial charge in [0.25, 0.3) is 17.7 Å². The van der Waals surface area contributed by atoms with Crippen LogP contribution in [0.5, 0.6) is 5.75 Å². The normalized spacial score (nSPS) is 25.6. The van der Waals surface area contributed by atoms with Crippen LogP contribution in [0.3, 0.4) is 0 Å². The first-order valence-electron chi connectivity index (χ1n) is 14.2. The van der Waals surface area contributed by atoms with Crippen molar-refractivity contribution in [3.05, 3.63) is 110 Å². The summed E-state index contributed by atoms with van der Waals surface area (Å²) in [5.41, 5.74) is 0.243. The zero-order valence-electron chi connectivity index (χ0n) is 23.2. The van der Waals surface area contributed by atoms with Crippen molar-refractivity contribution in [2.45, 2.75) is 6.42 Å². The number of carbonyl (C=O) groups excluding carboxylic acids is 5. The highest BCUT2D eigenvalue weighted by Crippen LogP contribution is 2.65. The molecular formula is C33H22Cl4N2O6. The first kappa shape index (κ1) is 30.0. The number of benzene rings is 3. The van der Waals surface area contributed by atoms with Crippen molar-refractivity contribution in [1.82, 2.24) is 10.0 Å². The summed E-state index contributed by atoms with van der Waals surface area (Å²) >= 11 is 24.4. The number of ketones is 1. The van der Waals surface area contributed by atoms with Gasteiger partial charge in [0, 0.05) is 15.6 Å². The number of esters is 1. The Bertz CT molecular complexity index is 1810. The summed E-state index contributed by atoms with van der Waals surface area (Å²) in [5, 5.41) is 2.53. The summed E-state index contributed by atoms with van der Waals surface area (Å²) in [4.78, 5) is 67.9. The van der Waals surface area contributed by atoms with Crippen LogP contribution < -0.4 is 4.74 Å². The minimum atomic E-state index is -0.791. The number of hydrogen-bond acceptors (Lipinski definition) is 6. The molecule has 228 valence electrons. The zero-order valence-corrected chi connectivity index (χ0v) is 26.2. The zero-order chi connectivity index (χ0) is 31.7. The second-order valence-corrected chi connectivity index (χ2v) is 13.3. The smallest absolute Gasteiger partial charge is 0.345 e. The lowest BCUT2D eigenvalue weighted by Crippen LogP contribution is -2.52. The van der Waals surface area contributed by atoms with E-state index in [2.05, 4.69) is 0 Å². The van der Waals surface area contributed by atoms with Gasteiger partial charge < -0.3 is 4.74 Å². The number of allylic oxidation sites excluding steroid dienone is 2. The van der Waals surface area contributed by atoms with Crippen molar-refractivity contribution < 1.29 is 28.7 Å². The summed E-state index contributed by atoms with van der Waals surface area (Å²) in [7, 11) is 0. The predicted molar refractivity (Wildman–Crippen MR) is 166 cm³/mol. The lowest BCUT2D eigenvalue weighted by atomic mass is 9.63. The molecule has 0 aromatic heterocycles. The van der Waals surface area contributed by atoms with Gasteiger partial charge >= 0.3 is 5.97 Å². The third-order valence-electron chi connectivity index (χ3n) is 9.11. The Hall–Kier alpha value is -3.69. The Morgan fingerprint density at radius 1 is 0.756 bits per heavy atom. The molecule has 0 N–H and O–H groups in total. The van der Waals surface area contributed by atoms with Gasteiger partial charge in [0.05, 0.1) is 33.0 Å². The van der Waals surface area contributed by atoms with Crippen molar-refractivity contribution in [3.8, 4) is 5.75 Å². The van der Waals surface area contributed by atoms with Gasteiger partial charge in [-0.2, -0.15) is 5.01 Å². The summed E-state index contributed by atoms with van der Waals surface area (Å²) in [6.45, 7) is -0.621. The number of halogens is 4. The third-order valence-corrected chi connectivity index (χ3v) is 10.2. The maximum absolute atomic E-state index is 13.9. The average molecular weight is 684 g/mol. The van der Waals surface area contributed by atoms with Crippen LogP contribution in [0.25, 0.3) is 0 Å². The maximum atomic E-state index is 13.9. The highest BCUT2D eigenvalue weighted by atomic mass is 35.5. The second kappa shape index (κ2) is 11.3. The molecule has 0 spiro atoms. The molecule has 1 saturated heterocycles. The molecule has 8 rings (SSSR count). The minimum absolute atomic E-state index is 0.0106. The SMILES string of the molecule is O=C(CN(C(=O)c1ccc(Cl)cc1Cl)N1C(=O)[C@@H]2[C@H]3C=C[C@@H]([C@@H]4C[C@@H]34)[C@H]2C1=O)c1ccc(OC(=O)c2ccc(Cl)cc2Cl)cc1. The molecule has 3 amide bonds. The molecule has 5 aliphatic rings. The van der Waals surface area contributed by atoms with E-state index in [1.807, 2.05) is 12.2 Å². The van der Waals surface area contributed by atoms with E-state index >= 15 is 0 Å². The van der Waals surface area contributed by atoms with Gasteiger partial charge in [-0.3, -0.25) is 19.2 Å². The number of nitrogens with zero attached hydrogens (tertiary/aromatic N) is 2. The minimum Gasteiger partial charge on any atom is -0.423 e. The van der Waals surface area contributed by atoms with Crippen LogP contribution in [-0.2, 0) is 9.59 Å². The van der Waals surface area contributed by atoms with E-state index in [1.165, 1.54) is 60.7 Å². The molecule has 1 heterocycles. The number of Topliss-reactive ketones (excluding diaryl/α,β-unsaturated/α-hetero) is 1. The molecule has 2 bridgehead atoms. The molecule has 4 aliphatic carbocycles. The average Bonchev–Trinajstić information content (AvgIpc) is 3.79. The van der Waals surface area contributed by atoms with Crippen LogP contribution in [0.4, 0.5) is 0 Å². The van der Waals surface area contributed by atoms with Gasteiger partial charge in [-0.25, -0.2) is 9.80 Å². The number of ether oxygens (including phenoxy) is 1. The van der Waals surface area contributed by atoms with Gasteiger partial charge in [-0.05, 0) is 90.8 Å². The fraction of sp³-hybridized carbons (Fsp3) is 0.242. The van der Waals surface area contributed by atoms with Crippen LogP contribution in [-0.4, -0.2) is 46.0 Å². The molecular weight excluding hydrogens is 662 g/mol. The number of amides is 3. The summed E-state index contributed by atoms with van der Waals surface area (Å²) in [6, 6.07) is 14.2. The van der Waals surface area contributed by atoms with Crippen molar-refractivity contribution in [3.63, 3.8) is 0 Å². The van der Waals surface area contributed by atoms with E-state index in [0.717, 1.165) is 16.4 Å². The fourth-order valence-electron chi connectivity index (χ4n) is 6.97.